The standard InChI is InChI=1S/C16H32N2/c1-14-7-6-11-18(15(14)2)12-10-17-13-16-8-4-3-5-9-16/h14-17H,3-13H2,1-2H3. The second-order valence-electron chi connectivity index (χ2n) is 6.60. The molecule has 1 saturated heterocycles. The Bertz CT molecular complexity index is 223. The molecule has 2 nitrogen and oxygen atoms in total. The second kappa shape index (κ2) is 7.49. The molecule has 1 aliphatic heterocycles. The van der Waals surface area contributed by atoms with Crippen LogP contribution in [0.5, 0.6) is 0 Å². The number of rotatable bonds is 5. The maximum absolute atomic E-state index is 3.70. The molecule has 1 N–H and O–H groups in total. The fourth-order valence-corrected chi connectivity index (χ4v) is 3.66. The average Bonchev–Trinajstić information content (AvgIpc) is 2.40. The molecule has 0 spiro atoms. The minimum absolute atomic E-state index is 0.787. The van der Waals surface area contributed by atoms with E-state index < -0.39 is 0 Å². The van der Waals surface area contributed by atoms with Crippen molar-refractivity contribution in [3.63, 3.8) is 0 Å². The third-order valence-corrected chi connectivity index (χ3v) is 5.24. The molecule has 2 rings (SSSR count). The van der Waals surface area contributed by atoms with Gasteiger partial charge in [0.2, 0.25) is 0 Å². The molecule has 1 heterocycles. The van der Waals surface area contributed by atoms with Crippen molar-refractivity contribution in [2.45, 2.75) is 64.8 Å². The van der Waals surface area contributed by atoms with Gasteiger partial charge in [0.15, 0.2) is 0 Å². The second-order valence-corrected chi connectivity index (χ2v) is 6.60. The SMILES string of the molecule is CC1CCCN(CCNCC2CCCCC2)C1C. The van der Waals surface area contributed by atoms with Crippen LogP contribution >= 0.6 is 0 Å². The van der Waals surface area contributed by atoms with Crippen molar-refractivity contribution in [3.05, 3.63) is 0 Å². The molecule has 0 amide bonds. The molecule has 0 aromatic heterocycles. The molecular weight excluding hydrogens is 220 g/mol. The van der Waals surface area contributed by atoms with E-state index in [0.717, 1.165) is 17.9 Å². The van der Waals surface area contributed by atoms with Gasteiger partial charge in [-0.3, -0.25) is 4.90 Å². The first kappa shape index (κ1) is 14.3. The number of piperidine rings is 1. The highest BCUT2D eigenvalue weighted by Crippen LogP contribution is 2.23. The van der Waals surface area contributed by atoms with E-state index in [1.54, 1.807) is 0 Å². The molecular formula is C16H32N2. The summed E-state index contributed by atoms with van der Waals surface area (Å²) in [7, 11) is 0. The zero-order valence-electron chi connectivity index (χ0n) is 12.5. The Morgan fingerprint density at radius 2 is 1.78 bits per heavy atom. The molecule has 0 aromatic carbocycles. The van der Waals surface area contributed by atoms with Gasteiger partial charge in [0.1, 0.15) is 0 Å². The zero-order chi connectivity index (χ0) is 12.8. The Labute approximate surface area is 114 Å². The van der Waals surface area contributed by atoms with Crippen LogP contribution in [0.2, 0.25) is 0 Å². The van der Waals surface area contributed by atoms with E-state index in [4.69, 9.17) is 0 Å². The largest absolute Gasteiger partial charge is 0.315 e. The Kier molecular flexibility index (Phi) is 5.97. The van der Waals surface area contributed by atoms with E-state index in [1.807, 2.05) is 0 Å². The fourth-order valence-electron chi connectivity index (χ4n) is 3.66. The van der Waals surface area contributed by atoms with Crippen molar-refractivity contribution < 1.29 is 0 Å². The summed E-state index contributed by atoms with van der Waals surface area (Å²) in [5.41, 5.74) is 0. The molecule has 106 valence electrons. The number of hydrogen-bond acceptors (Lipinski definition) is 2. The van der Waals surface area contributed by atoms with Gasteiger partial charge >= 0.3 is 0 Å². The van der Waals surface area contributed by atoms with E-state index >= 15 is 0 Å². The van der Waals surface area contributed by atoms with Crippen LogP contribution in [0.4, 0.5) is 0 Å². The van der Waals surface area contributed by atoms with Crippen LogP contribution < -0.4 is 5.32 Å². The molecule has 2 unspecified atom stereocenters. The third kappa shape index (κ3) is 4.24. The monoisotopic (exact) mass is 252 g/mol. The summed E-state index contributed by atoms with van der Waals surface area (Å²) in [5, 5.41) is 3.70. The molecule has 0 aromatic rings. The van der Waals surface area contributed by atoms with Gasteiger partial charge in [0, 0.05) is 19.1 Å². The summed E-state index contributed by atoms with van der Waals surface area (Å²) in [6.07, 6.45) is 10.1. The Balaban J connectivity index is 1.57. The highest BCUT2D eigenvalue weighted by Gasteiger charge is 2.23. The number of nitrogens with one attached hydrogen (secondary N) is 1. The summed E-state index contributed by atoms with van der Waals surface area (Å²) < 4.78 is 0. The van der Waals surface area contributed by atoms with Gasteiger partial charge in [0.25, 0.3) is 0 Å². The Morgan fingerprint density at radius 3 is 2.56 bits per heavy atom. The lowest BCUT2D eigenvalue weighted by Crippen LogP contribution is -2.45. The molecule has 0 radical (unpaired) electrons. The van der Waals surface area contributed by atoms with Crippen LogP contribution in [0.3, 0.4) is 0 Å². The van der Waals surface area contributed by atoms with Gasteiger partial charge in [-0.25, -0.2) is 0 Å². The minimum atomic E-state index is 0.787. The summed E-state index contributed by atoms with van der Waals surface area (Å²) in [4.78, 5) is 2.68. The number of nitrogens with zero attached hydrogens (tertiary/aromatic N) is 1. The quantitative estimate of drug-likeness (QED) is 0.755. The molecule has 1 aliphatic carbocycles. The first-order valence-electron chi connectivity index (χ1n) is 8.22. The molecule has 2 aliphatic rings. The van der Waals surface area contributed by atoms with Crippen LogP contribution in [0.25, 0.3) is 0 Å². The summed E-state index contributed by atoms with van der Waals surface area (Å²) in [5.74, 6) is 1.86. The van der Waals surface area contributed by atoms with E-state index in [2.05, 4.69) is 24.1 Å². The van der Waals surface area contributed by atoms with Gasteiger partial charge in [-0.2, -0.15) is 0 Å². The molecule has 2 atom stereocenters. The molecule has 18 heavy (non-hydrogen) atoms. The normalized spacial score (nSPS) is 31.7. The Morgan fingerprint density at radius 1 is 1.00 bits per heavy atom. The minimum Gasteiger partial charge on any atom is -0.315 e. The topological polar surface area (TPSA) is 15.3 Å². The van der Waals surface area contributed by atoms with Crippen LogP contribution in [0.15, 0.2) is 0 Å². The maximum atomic E-state index is 3.70. The smallest absolute Gasteiger partial charge is 0.0110 e. The van der Waals surface area contributed by atoms with Crippen LogP contribution in [-0.4, -0.2) is 37.1 Å². The van der Waals surface area contributed by atoms with E-state index in [0.29, 0.717) is 0 Å². The lowest BCUT2D eigenvalue weighted by atomic mass is 9.89. The maximum Gasteiger partial charge on any atom is 0.0110 e. The lowest BCUT2D eigenvalue weighted by Gasteiger charge is -2.38. The van der Waals surface area contributed by atoms with E-state index in [9.17, 15) is 0 Å². The van der Waals surface area contributed by atoms with Crippen molar-refractivity contribution in [3.8, 4) is 0 Å². The molecule has 1 saturated carbocycles. The summed E-state index contributed by atoms with van der Waals surface area (Å²) >= 11 is 0. The average molecular weight is 252 g/mol. The van der Waals surface area contributed by atoms with Gasteiger partial charge < -0.3 is 5.32 Å². The molecule has 2 heteroatoms. The highest BCUT2D eigenvalue weighted by molar-refractivity contribution is 4.79. The van der Waals surface area contributed by atoms with Crippen LogP contribution in [0, 0.1) is 11.8 Å². The van der Waals surface area contributed by atoms with Crippen LogP contribution in [-0.2, 0) is 0 Å². The van der Waals surface area contributed by atoms with Gasteiger partial charge in [-0.05, 0) is 57.5 Å². The molecule has 0 bridgehead atoms. The Hall–Kier alpha value is -0.0800. The lowest BCUT2D eigenvalue weighted by molar-refractivity contribution is 0.114. The van der Waals surface area contributed by atoms with Crippen LogP contribution in [0.1, 0.15) is 58.8 Å². The van der Waals surface area contributed by atoms with Crippen molar-refractivity contribution in [1.29, 1.82) is 0 Å². The number of likely N-dealkylation sites (tertiary alicyclic amines) is 1. The van der Waals surface area contributed by atoms with Gasteiger partial charge in [-0.15, -0.1) is 0 Å². The summed E-state index contributed by atoms with van der Waals surface area (Å²) in [6, 6.07) is 0.787. The van der Waals surface area contributed by atoms with Crippen molar-refractivity contribution in [2.24, 2.45) is 11.8 Å². The van der Waals surface area contributed by atoms with Gasteiger partial charge in [0.05, 0.1) is 0 Å². The van der Waals surface area contributed by atoms with Crippen molar-refractivity contribution >= 4 is 0 Å². The van der Waals surface area contributed by atoms with Crippen molar-refractivity contribution in [2.75, 3.05) is 26.2 Å². The van der Waals surface area contributed by atoms with E-state index in [1.165, 1.54) is 71.1 Å². The van der Waals surface area contributed by atoms with Gasteiger partial charge in [-0.1, -0.05) is 26.2 Å². The first-order chi connectivity index (χ1) is 8.77. The zero-order valence-corrected chi connectivity index (χ0v) is 12.5. The third-order valence-electron chi connectivity index (χ3n) is 5.24. The summed E-state index contributed by atoms with van der Waals surface area (Å²) in [6.45, 7) is 9.83. The predicted octanol–water partition coefficient (Wildman–Crippen LogP) is 3.28. The van der Waals surface area contributed by atoms with E-state index in [-0.39, 0.29) is 0 Å². The molecule has 2 fully saturated rings. The first-order valence-corrected chi connectivity index (χ1v) is 8.22. The van der Waals surface area contributed by atoms with Crippen molar-refractivity contribution in [1.82, 2.24) is 10.2 Å². The fraction of sp³-hybridized carbons (Fsp3) is 1.00. The predicted molar refractivity (Wildman–Crippen MR) is 78.9 cm³/mol. The highest BCUT2D eigenvalue weighted by atomic mass is 15.2. The number of hydrogen-bond donors (Lipinski definition) is 1.